The number of carboxylic acids is 2. The molecule has 0 radical (unpaired) electrons. The Hall–Kier alpha value is -6.99. The second kappa shape index (κ2) is 30.9. The van der Waals surface area contributed by atoms with Gasteiger partial charge in [0.25, 0.3) is 0 Å². The molecule has 0 unspecified atom stereocenters. The van der Waals surface area contributed by atoms with Gasteiger partial charge < -0.3 is 73.7 Å². The Morgan fingerprint density at radius 2 is 1.05 bits per heavy atom. The monoisotopic (exact) mass is 1040 g/mol. The van der Waals surface area contributed by atoms with Gasteiger partial charge in [-0.05, 0) is 49.0 Å². The standard InChI is InChI=1S/C49H77N11O14/c1-10-27(8)39(59-43(67)33(18-24(2)3)54-41(65)31(50)22-61)48(72)53-32(16-17-36(63)64)42(66)55-35(20-30-21-51-23-52-30)45(69)57-37(25(4)5)46(70)56-34(19-29-14-12-11-13-15-29)44(68)58-38(26(6)7)47(71)60-40(28(9)62)49(73)74/h11-15,21,23-28,31-35,37-40,61-62H,10,16-20,22,50H2,1-9H3,(H,51,52)(H,53,72)(H,54,65)(H,55,66)(H,56,70)(H,57,69)(H,58,68)(H,59,67)(H,60,71)(H,63,64)(H,73,74)/t27-,28+,31-,32-,33-,34-,35-,37-,38-,39-,40-/m0/s1. The van der Waals surface area contributed by atoms with Gasteiger partial charge in [0.15, 0.2) is 6.04 Å². The van der Waals surface area contributed by atoms with Crippen LogP contribution in [0.3, 0.4) is 0 Å². The summed E-state index contributed by atoms with van der Waals surface area (Å²) in [5, 5.41) is 58.9. The number of nitrogens with one attached hydrogen (secondary N) is 9. The van der Waals surface area contributed by atoms with Gasteiger partial charge >= 0.3 is 11.9 Å². The molecule has 412 valence electrons. The summed E-state index contributed by atoms with van der Waals surface area (Å²) in [5.74, 6) is -11.8. The van der Waals surface area contributed by atoms with Crippen LogP contribution < -0.4 is 48.3 Å². The van der Waals surface area contributed by atoms with Crippen molar-refractivity contribution in [2.75, 3.05) is 6.61 Å². The van der Waals surface area contributed by atoms with Crippen molar-refractivity contribution in [2.24, 2.45) is 29.4 Å². The van der Waals surface area contributed by atoms with Crippen LogP contribution in [0.25, 0.3) is 0 Å². The third-order valence-corrected chi connectivity index (χ3v) is 12.0. The van der Waals surface area contributed by atoms with E-state index in [1.54, 1.807) is 85.7 Å². The topological polar surface area (TPSA) is 403 Å². The number of aliphatic hydroxyl groups is 2. The molecule has 1 heterocycles. The van der Waals surface area contributed by atoms with Crippen LogP contribution in [0.2, 0.25) is 0 Å². The second-order valence-electron chi connectivity index (χ2n) is 19.5. The molecule has 74 heavy (non-hydrogen) atoms. The summed E-state index contributed by atoms with van der Waals surface area (Å²) >= 11 is 0. The number of nitrogens with two attached hydrogens (primary N) is 1. The minimum atomic E-state index is -1.69. The number of imidazole rings is 1. The largest absolute Gasteiger partial charge is 0.481 e. The quantitative estimate of drug-likeness (QED) is 0.0382. The van der Waals surface area contributed by atoms with Crippen LogP contribution in [0.4, 0.5) is 0 Å². The second-order valence-corrected chi connectivity index (χ2v) is 19.5. The molecule has 0 aliphatic heterocycles. The molecule has 1 aromatic heterocycles. The fourth-order valence-electron chi connectivity index (χ4n) is 7.45. The van der Waals surface area contributed by atoms with Crippen molar-refractivity contribution >= 4 is 59.2 Å². The number of hydrogen-bond donors (Lipinski definition) is 14. The number of nitrogens with zero attached hydrogens (tertiary/aromatic N) is 1. The van der Waals surface area contributed by atoms with E-state index in [2.05, 4.69) is 52.5 Å². The minimum Gasteiger partial charge on any atom is -0.481 e. The SMILES string of the molecule is CC[C@H](C)[C@H](NC(=O)[C@H](CC(C)C)NC(=O)[C@@H](N)CO)C(=O)N[C@@H](CCC(=O)O)C(=O)N[C@@H](Cc1cnc[nH]1)C(=O)N[C@H](C(=O)N[C@@H](Cc1ccccc1)C(=O)N[C@H](C(=O)N[C@H](C(=O)O)[C@@H](C)O)C(C)C)C(C)C. The minimum absolute atomic E-state index is 0.104. The molecule has 25 nitrogen and oxygen atoms in total. The number of aromatic nitrogens is 2. The molecule has 25 heteroatoms. The lowest BCUT2D eigenvalue weighted by Gasteiger charge is -2.30. The molecule has 0 aliphatic carbocycles. The Balaban J connectivity index is 2.49. The van der Waals surface area contributed by atoms with E-state index < -0.39 is 157 Å². The van der Waals surface area contributed by atoms with Gasteiger partial charge in [0.1, 0.15) is 48.3 Å². The molecule has 2 aromatic rings. The van der Waals surface area contributed by atoms with E-state index in [0.29, 0.717) is 17.7 Å². The molecule has 0 saturated carbocycles. The fourth-order valence-corrected chi connectivity index (χ4v) is 7.45. The third kappa shape index (κ3) is 20.9. The van der Waals surface area contributed by atoms with Crippen molar-refractivity contribution in [3.63, 3.8) is 0 Å². The molecule has 0 fully saturated rings. The van der Waals surface area contributed by atoms with Gasteiger partial charge in [0.2, 0.25) is 47.3 Å². The fraction of sp³-hybridized carbons (Fsp3) is 0.612. The molecule has 0 aliphatic rings. The van der Waals surface area contributed by atoms with Gasteiger partial charge in [-0.1, -0.05) is 92.1 Å². The Labute approximate surface area is 430 Å². The van der Waals surface area contributed by atoms with E-state index in [1.165, 1.54) is 19.4 Å². The molecule has 8 amide bonds. The number of amides is 8. The third-order valence-electron chi connectivity index (χ3n) is 12.0. The average molecular weight is 1040 g/mol. The van der Waals surface area contributed by atoms with Gasteiger partial charge in [0, 0.05) is 31.2 Å². The molecule has 0 bridgehead atoms. The first kappa shape index (κ1) is 63.1. The highest BCUT2D eigenvalue weighted by atomic mass is 16.4. The maximum absolute atomic E-state index is 14.4. The van der Waals surface area contributed by atoms with Crippen molar-refractivity contribution in [1.29, 1.82) is 0 Å². The van der Waals surface area contributed by atoms with Crippen LogP contribution in [-0.2, 0) is 60.8 Å². The number of H-pyrrole nitrogens is 1. The van der Waals surface area contributed by atoms with Gasteiger partial charge in [-0.25, -0.2) is 9.78 Å². The van der Waals surface area contributed by atoms with Gasteiger partial charge in [-0.15, -0.1) is 0 Å². The number of aliphatic hydroxyl groups excluding tert-OH is 2. The van der Waals surface area contributed by atoms with Crippen molar-refractivity contribution in [1.82, 2.24) is 52.5 Å². The first-order valence-electron chi connectivity index (χ1n) is 24.6. The average Bonchev–Trinajstić information content (AvgIpc) is 3.85. The zero-order chi connectivity index (χ0) is 56.0. The predicted molar refractivity (Wildman–Crippen MR) is 268 cm³/mol. The number of carbonyl (C=O) groups excluding carboxylic acids is 8. The summed E-state index contributed by atoms with van der Waals surface area (Å²) in [5.41, 5.74) is 6.60. The molecule has 1 aromatic carbocycles. The number of rotatable bonds is 32. The van der Waals surface area contributed by atoms with Crippen LogP contribution in [0.1, 0.15) is 99.3 Å². The lowest BCUT2D eigenvalue weighted by Crippen LogP contribution is -2.62. The number of carboxylic acid groups (broad SMARTS) is 2. The van der Waals surface area contributed by atoms with Crippen molar-refractivity contribution in [3.05, 3.63) is 54.1 Å². The van der Waals surface area contributed by atoms with Crippen LogP contribution in [0.5, 0.6) is 0 Å². The summed E-state index contributed by atoms with van der Waals surface area (Å²) in [6.07, 6.45) is 0.217. The van der Waals surface area contributed by atoms with Crippen molar-refractivity contribution < 1.29 is 68.4 Å². The Morgan fingerprint density at radius 1 is 0.595 bits per heavy atom. The molecular formula is C49H77N11O14. The van der Waals surface area contributed by atoms with E-state index >= 15 is 0 Å². The highest BCUT2D eigenvalue weighted by molar-refractivity contribution is 5.98. The van der Waals surface area contributed by atoms with Gasteiger partial charge in [-0.3, -0.25) is 43.2 Å². The Bertz CT molecular complexity index is 2190. The summed E-state index contributed by atoms with van der Waals surface area (Å²) in [6.45, 7) is 13.9. The van der Waals surface area contributed by atoms with Gasteiger partial charge in [0.05, 0.1) is 19.0 Å². The van der Waals surface area contributed by atoms with Gasteiger partial charge in [-0.2, -0.15) is 0 Å². The summed E-state index contributed by atoms with van der Waals surface area (Å²) in [7, 11) is 0. The molecule has 11 atom stereocenters. The number of benzene rings is 1. The molecular weight excluding hydrogens is 967 g/mol. The molecule has 0 spiro atoms. The highest BCUT2D eigenvalue weighted by Gasteiger charge is 2.38. The number of carbonyl (C=O) groups is 10. The van der Waals surface area contributed by atoms with Crippen LogP contribution in [-0.4, -0.2) is 157 Å². The maximum atomic E-state index is 14.4. The zero-order valence-electron chi connectivity index (χ0n) is 43.5. The zero-order valence-corrected chi connectivity index (χ0v) is 43.5. The smallest absolute Gasteiger partial charge is 0.328 e. The van der Waals surface area contributed by atoms with Crippen molar-refractivity contribution in [3.8, 4) is 0 Å². The number of aliphatic carboxylic acids is 2. The number of hydrogen-bond acceptors (Lipinski definition) is 14. The first-order valence-corrected chi connectivity index (χ1v) is 24.6. The van der Waals surface area contributed by atoms with E-state index in [1.807, 2.05) is 0 Å². The first-order chi connectivity index (χ1) is 34.7. The molecule has 0 saturated heterocycles. The maximum Gasteiger partial charge on any atom is 0.328 e. The summed E-state index contributed by atoms with van der Waals surface area (Å²) in [4.78, 5) is 141. The summed E-state index contributed by atoms with van der Waals surface area (Å²) in [6, 6.07) is -4.18. The lowest BCUT2D eigenvalue weighted by atomic mass is 9.96. The number of aromatic amines is 1. The van der Waals surface area contributed by atoms with E-state index in [9.17, 15) is 68.4 Å². The Kier molecular flexibility index (Phi) is 26.4. The van der Waals surface area contributed by atoms with Crippen LogP contribution in [0, 0.1) is 23.7 Å². The molecule has 2 rings (SSSR count). The lowest BCUT2D eigenvalue weighted by molar-refractivity contribution is -0.145. The molecule has 15 N–H and O–H groups in total. The van der Waals surface area contributed by atoms with Crippen molar-refractivity contribution in [2.45, 2.75) is 161 Å². The van der Waals surface area contributed by atoms with E-state index in [0.717, 1.165) is 0 Å². The Morgan fingerprint density at radius 3 is 1.53 bits per heavy atom. The predicted octanol–water partition coefficient (Wildman–Crippen LogP) is -1.87. The van der Waals surface area contributed by atoms with E-state index in [-0.39, 0.29) is 25.2 Å². The normalized spacial score (nSPS) is 15.8. The van der Waals surface area contributed by atoms with E-state index in [4.69, 9.17) is 5.73 Å². The van der Waals surface area contributed by atoms with Crippen LogP contribution >= 0.6 is 0 Å². The highest BCUT2D eigenvalue weighted by Crippen LogP contribution is 2.14. The summed E-state index contributed by atoms with van der Waals surface area (Å²) < 4.78 is 0. The van der Waals surface area contributed by atoms with Crippen LogP contribution in [0.15, 0.2) is 42.9 Å².